The molecule has 0 saturated carbocycles. The number of aryl methyl sites for hydroxylation is 1. The van der Waals surface area contributed by atoms with Gasteiger partial charge < -0.3 is 14.9 Å². The van der Waals surface area contributed by atoms with Crippen LogP contribution in [0.5, 0.6) is 0 Å². The van der Waals surface area contributed by atoms with Gasteiger partial charge in [0.05, 0.1) is 5.56 Å². The zero-order valence-corrected chi connectivity index (χ0v) is 11.2. The lowest BCUT2D eigenvalue weighted by molar-refractivity contribution is 0.0695. The number of rotatable bonds is 2. The number of carboxylic acid groups (broad SMARTS) is 1. The van der Waals surface area contributed by atoms with Crippen LogP contribution in [0.2, 0.25) is 0 Å². The van der Waals surface area contributed by atoms with E-state index in [0.29, 0.717) is 5.56 Å². The summed E-state index contributed by atoms with van der Waals surface area (Å²) in [7, 11) is 2.11. The van der Waals surface area contributed by atoms with Gasteiger partial charge in [-0.2, -0.15) is 0 Å². The fourth-order valence-corrected chi connectivity index (χ4v) is 2.56. The Balaban J connectivity index is 2.34. The monoisotopic (exact) mass is 248 g/mol. The molecule has 0 aliphatic carbocycles. The van der Waals surface area contributed by atoms with Crippen molar-refractivity contribution in [1.29, 1.82) is 0 Å². The van der Waals surface area contributed by atoms with Crippen LogP contribution >= 0.6 is 0 Å². The zero-order chi connectivity index (χ0) is 13.3. The molecule has 1 saturated heterocycles. The van der Waals surface area contributed by atoms with Crippen LogP contribution in [0.4, 0.5) is 5.69 Å². The van der Waals surface area contributed by atoms with Crippen molar-refractivity contribution in [3.8, 4) is 0 Å². The standard InChI is InChI=1S/C14H20N2O2/c1-10-4-5-12(11(2)13(10)14(17)18)16-8-6-15(3)7-9-16/h4-5H,6-9H2,1-3H3,(H,17,18). The van der Waals surface area contributed by atoms with E-state index in [-0.39, 0.29) is 0 Å². The zero-order valence-electron chi connectivity index (χ0n) is 11.2. The van der Waals surface area contributed by atoms with Crippen molar-refractivity contribution in [2.45, 2.75) is 13.8 Å². The number of likely N-dealkylation sites (N-methyl/N-ethyl adjacent to an activating group) is 1. The summed E-state index contributed by atoms with van der Waals surface area (Å²) in [5.41, 5.74) is 3.22. The van der Waals surface area contributed by atoms with E-state index >= 15 is 0 Å². The number of hydrogen-bond donors (Lipinski definition) is 1. The van der Waals surface area contributed by atoms with Crippen LogP contribution in [0.3, 0.4) is 0 Å². The average molecular weight is 248 g/mol. The molecule has 1 aliphatic rings. The molecule has 2 rings (SSSR count). The van der Waals surface area contributed by atoms with Gasteiger partial charge in [0.1, 0.15) is 0 Å². The normalized spacial score (nSPS) is 16.9. The fraction of sp³-hybridized carbons (Fsp3) is 0.500. The van der Waals surface area contributed by atoms with E-state index in [9.17, 15) is 9.90 Å². The van der Waals surface area contributed by atoms with Crippen molar-refractivity contribution in [2.24, 2.45) is 0 Å². The number of anilines is 1. The third-order valence-corrected chi connectivity index (χ3v) is 3.70. The van der Waals surface area contributed by atoms with Gasteiger partial charge in [0.2, 0.25) is 0 Å². The van der Waals surface area contributed by atoms with Crippen LogP contribution < -0.4 is 4.90 Å². The number of piperazine rings is 1. The van der Waals surface area contributed by atoms with E-state index in [4.69, 9.17) is 0 Å². The van der Waals surface area contributed by atoms with Gasteiger partial charge in [-0.15, -0.1) is 0 Å². The highest BCUT2D eigenvalue weighted by molar-refractivity contribution is 5.93. The molecule has 0 spiro atoms. The molecule has 98 valence electrons. The summed E-state index contributed by atoms with van der Waals surface area (Å²) in [6, 6.07) is 3.95. The maximum absolute atomic E-state index is 11.3. The average Bonchev–Trinajstić information content (AvgIpc) is 2.30. The summed E-state index contributed by atoms with van der Waals surface area (Å²) in [5, 5.41) is 9.28. The molecule has 1 aromatic carbocycles. The molecule has 0 amide bonds. The van der Waals surface area contributed by atoms with Gasteiger partial charge in [-0.25, -0.2) is 4.79 Å². The Kier molecular flexibility index (Phi) is 3.57. The minimum absolute atomic E-state index is 0.450. The summed E-state index contributed by atoms with van der Waals surface area (Å²) in [6.45, 7) is 7.72. The van der Waals surface area contributed by atoms with E-state index in [1.807, 2.05) is 26.0 Å². The van der Waals surface area contributed by atoms with Crippen LogP contribution in [-0.4, -0.2) is 49.2 Å². The van der Waals surface area contributed by atoms with Gasteiger partial charge >= 0.3 is 5.97 Å². The maximum atomic E-state index is 11.3. The smallest absolute Gasteiger partial charge is 0.336 e. The highest BCUT2D eigenvalue weighted by atomic mass is 16.4. The molecule has 0 aromatic heterocycles. The first-order valence-corrected chi connectivity index (χ1v) is 6.27. The van der Waals surface area contributed by atoms with E-state index in [2.05, 4.69) is 16.8 Å². The topological polar surface area (TPSA) is 43.8 Å². The van der Waals surface area contributed by atoms with Crippen LogP contribution in [0.15, 0.2) is 12.1 Å². The third kappa shape index (κ3) is 2.34. The minimum Gasteiger partial charge on any atom is -0.478 e. The summed E-state index contributed by atoms with van der Waals surface area (Å²) in [6.07, 6.45) is 0. The first-order valence-electron chi connectivity index (χ1n) is 6.27. The molecular formula is C14H20N2O2. The summed E-state index contributed by atoms with van der Waals surface area (Å²) < 4.78 is 0. The molecule has 0 bridgehead atoms. The molecule has 4 nitrogen and oxygen atoms in total. The van der Waals surface area contributed by atoms with E-state index in [0.717, 1.165) is 43.0 Å². The highest BCUT2D eigenvalue weighted by Crippen LogP contribution is 2.26. The van der Waals surface area contributed by atoms with Crippen LogP contribution in [-0.2, 0) is 0 Å². The Hall–Kier alpha value is -1.55. The maximum Gasteiger partial charge on any atom is 0.336 e. The number of carboxylic acids is 1. The molecule has 1 N–H and O–H groups in total. The van der Waals surface area contributed by atoms with Gasteiger partial charge in [0.25, 0.3) is 0 Å². The second-order valence-corrected chi connectivity index (χ2v) is 5.00. The lowest BCUT2D eigenvalue weighted by Gasteiger charge is -2.35. The van der Waals surface area contributed by atoms with Gasteiger partial charge in [0.15, 0.2) is 0 Å². The van der Waals surface area contributed by atoms with Crippen LogP contribution in [0, 0.1) is 13.8 Å². The van der Waals surface area contributed by atoms with Crippen molar-refractivity contribution in [3.63, 3.8) is 0 Å². The molecule has 1 aromatic rings. The predicted molar refractivity (Wildman–Crippen MR) is 72.6 cm³/mol. The van der Waals surface area contributed by atoms with Crippen molar-refractivity contribution >= 4 is 11.7 Å². The predicted octanol–water partition coefficient (Wildman–Crippen LogP) is 1.75. The van der Waals surface area contributed by atoms with Gasteiger partial charge in [-0.05, 0) is 38.1 Å². The summed E-state index contributed by atoms with van der Waals surface area (Å²) >= 11 is 0. The van der Waals surface area contributed by atoms with Crippen molar-refractivity contribution in [3.05, 3.63) is 28.8 Å². The number of hydrogen-bond acceptors (Lipinski definition) is 3. The van der Waals surface area contributed by atoms with Gasteiger partial charge in [0, 0.05) is 31.9 Å². The number of nitrogens with zero attached hydrogens (tertiary/aromatic N) is 2. The molecule has 0 radical (unpaired) electrons. The molecule has 18 heavy (non-hydrogen) atoms. The number of carbonyl (C=O) groups is 1. The van der Waals surface area contributed by atoms with E-state index < -0.39 is 5.97 Å². The Morgan fingerprint density at radius 1 is 1.17 bits per heavy atom. The second kappa shape index (κ2) is 4.98. The van der Waals surface area contributed by atoms with Crippen molar-refractivity contribution in [2.75, 3.05) is 38.1 Å². The molecule has 1 aliphatic heterocycles. The molecule has 0 unspecified atom stereocenters. The Morgan fingerprint density at radius 3 is 2.33 bits per heavy atom. The fourth-order valence-electron chi connectivity index (χ4n) is 2.56. The van der Waals surface area contributed by atoms with Crippen molar-refractivity contribution in [1.82, 2.24) is 4.90 Å². The van der Waals surface area contributed by atoms with Crippen LogP contribution in [0.1, 0.15) is 21.5 Å². The summed E-state index contributed by atoms with van der Waals surface area (Å²) in [5.74, 6) is -0.832. The second-order valence-electron chi connectivity index (χ2n) is 5.00. The quantitative estimate of drug-likeness (QED) is 0.866. The lowest BCUT2D eigenvalue weighted by atomic mass is 10.00. The lowest BCUT2D eigenvalue weighted by Crippen LogP contribution is -2.44. The Bertz CT molecular complexity index is 463. The first kappa shape index (κ1) is 12.9. The van der Waals surface area contributed by atoms with E-state index in [1.165, 1.54) is 0 Å². The molecular weight excluding hydrogens is 228 g/mol. The highest BCUT2D eigenvalue weighted by Gasteiger charge is 2.20. The molecule has 1 fully saturated rings. The van der Waals surface area contributed by atoms with Gasteiger partial charge in [-0.3, -0.25) is 0 Å². The third-order valence-electron chi connectivity index (χ3n) is 3.70. The largest absolute Gasteiger partial charge is 0.478 e. The molecule has 0 atom stereocenters. The Labute approximate surface area is 108 Å². The number of aromatic carboxylic acids is 1. The minimum atomic E-state index is -0.832. The van der Waals surface area contributed by atoms with Crippen molar-refractivity contribution < 1.29 is 9.90 Å². The van der Waals surface area contributed by atoms with Crippen LogP contribution in [0.25, 0.3) is 0 Å². The van der Waals surface area contributed by atoms with E-state index in [1.54, 1.807) is 0 Å². The molecule has 1 heterocycles. The number of benzene rings is 1. The summed E-state index contributed by atoms with van der Waals surface area (Å²) in [4.78, 5) is 15.9. The SMILES string of the molecule is Cc1ccc(N2CCN(C)CC2)c(C)c1C(=O)O. The molecule has 4 heteroatoms. The first-order chi connectivity index (χ1) is 8.50. The van der Waals surface area contributed by atoms with Gasteiger partial charge in [-0.1, -0.05) is 6.07 Å². The Morgan fingerprint density at radius 2 is 1.78 bits per heavy atom.